The molecule has 0 aromatic carbocycles. The average molecular weight is 260 g/mol. The summed E-state index contributed by atoms with van der Waals surface area (Å²) in [4.78, 5) is 0. The van der Waals surface area contributed by atoms with Gasteiger partial charge in [0.25, 0.3) is 0 Å². The first kappa shape index (κ1) is 14.2. The minimum absolute atomic E-state index is 0.0144. The summed E-state index contributed by atoms with van der Waals surface area (Å²) in [6.07, 6.45) is 0. The summed E-state index contributed by atoms with van der Waals surface area (Å²) < 4.78 is 30.7. The van der Waals surface area contributed by atoms with E-state index in [1.165, 1.54) is 0 Å². The summed E-state index contributed by atoms with van der Waals surface area (Å²) in [5.74, 6) is 1.75. The van der Waals surface area contributed by atoms with Crippen molar-refractivity contribution in [1.82, 2.24) is 10.0 Å². The van der Waals surface area contributed by atoms with Gasteiger partial charge in [0.2, 0.25) is 10.0 Å². The van der Waals surface area contributed by atoms with Crippen LogP contribution in [0.3, 0.4) is 0 Å². The largest absolute Gasteiger partial charge is 0.465 e. The molecule has 0 bridgehead atoms. The molecule has 0 spiro atoms. The van der Waals surface area contributed by atoms with Gasteiger partial charge in [0.1, 0.15) is 11.5 Å². The number of hydrogen-bond donors (Lipinski definition) is 2. The van der Waals surface area contributed by atoms with E-state index in [9.17, 15) is 8.42 Å². The molecular weight excluding hydrogens is 240 g/mol. The lowest BCUT2D eigenvalue weighted by Gasteiger charge is -2.11. The Morgan fingerprint density at radius 3 is 2.65 bits per heavy atom. The lowest BCUT2D eigenvalue weighted by molar-refractivity contribution is 0.421. The fraction of sp³-hybridized carbons (Fsp3) is 0.636. The lowest BCUT2D eigenvalue weighted by Crippen LogP contribution is -2.32. The number of nitrogens with one attached hydrogen (secondary N) is 2. The van der Waals surface area contributed by atoms with Crippen LogP contribution in [0, 0.1) is 6.92 Å². The first-order valence-corrected chi connectivity index (χ1v) is 7.37. The van der Waals surface area contributed by atoms with Gasteiger partial charge in [-0.1, -0.05) is 6.92 Å². The van der Waals surface area contributed by atoms with E-state index in [1.54, 1.807) is 6.92 Å². The van der Waals surface area contributed by atoms with Crippen LogP contribution in [0.5, 0.6) is 0 Å². The molecule has 1 unspecified atom stereocenters. The Balaban J connectivity index is 2.37. The number of hydrogen-bond acceptors (Lipinski definition) is 4. The highest BCUT2D eigenvalue weighted by Gasteiger charge is 2.12. The van der Waals surface area contributed by atoms with Crippen LogP contribution in [0.2, 0.25) is 0 Å². The van der Waals surface area contributed by atoms with Gasteiger partial charge in [0, 0.05) is 13.1 Å². The number of rotatable bonds is 7. The Bertz CT molecular complexity index is 439. The van der Waals surface area contributed by atoms with E-state index in [0.29, 0.717) is 13.1 Å². The van der Waals surface area contributed by atoms with E-state index < -0.39 is 10.0 Å². The molecule has 1 aromatic rings. The third-order valence-corrected chi connectivity index (χ3v) is 3.84. The molecule has 0 aliphatic heterocycles. The minimum Gasteiger partial charge on any atom is -0.465 e. The maximum Gasteiger partial charge on any atom is 0.212 e. The van der Waals surface area contributed by atoms with Crippen molar-refractivity contribution in [3.63, 3.8) is 0 Å². The molecule has 6 heteroatoms. The molecule has 1 aromatic heterocycles. The number of sulfonamides is 1. The molecule has 0 saturated carbocycles. The van der Waals surface area contributed by atoms with Gasteiger partial charge in [-0.15, -0.1) is 0 Å². The first-order chi connectivity index (χ1) is 7.94. The molecule has 0 amide bonds. The summed E-state index contributed by atoms with van der Waals surface area (Å²) in [6, 6.07) is 3.80. The summed E-state index contributed by atoms with van der Waals surface area (Å²) in [5.41, 5.74) is 0. The molecule has 0 radical (unpaired) electrons. The molecule has 5 nitrogen and oxygen atoms in total. The smallest absolute Gasteiger partial charge is 0.212 e. The van der Waals surface area contributed by atoms with Crippen LogP contribution >= 0.6 is 0 Å². The lowest BCUT2D eigenvalue weighted by atomic mass is 10.2. The molecule has 0 fully saturated rings. The highest BCUT2D eigenvalue weighted by Crippen LogP contribution is 2.14. The summed E-state index contributed by atoms with van der Waals surface area (Å²) >= 11 is 0. The SMILES string of the molecule is CCNS(=O)(=O)CCNC(C)c1ccc(C)o1. The Hall–Kier alpha value is -0.850. The number of furan rings is 1. The Morgan fingerprint density at radius 1 is 1.41 bits per heavy atom. The Kier molecular flexibility index (Phi) is 5.17. The zero-order valence-corrected chi connectivity index (χ0v) is 11.3. The summed E-state index contributed by atoms with van der Waals surface area (Å²) in [5, 5.41) is 3.11. The normalized spacial score (nSPS) is 13.8. The van der Waals surface area contributed by atoms with Crippen LogP contribution in [0.15, 0.2) is 16.5 Å². The molecule has 1 atom stereocenters. The third-order valence-electron chi connectivity index (χ3n) is 2.37. The van der Waals surface area contributed by atoms with E-state index in [0.717, 1.165) is 11.5 Å². The van der Waals surface area contributed by atoms with Crippen molar-refractivity contribution in [2.75, 3.05) is 18.8 Å². The van der Waals surface area contributed by atoms with Crippen molar-refractivity contribution < 1.29 is 12.8 Å². The second-order valence-electron chi connectivity index (χ2n) is 3.94. The second kappa shape index (κ2) is 6.18. The van der Waals surface area contributed by atoms with E-state index in [2.05, 4.69) is 10.0 Å². The Labute approximate surface area is 103 Å². The molecule has 1 heterocycles. The highest BCUT2D eigenvalue weighted by molar-refractivity contribution is 7.89. The fourth-order valence-electron chi connectivity index (χ4n) is 1.49. The Morgan fingerprint density at radius 2 is 2.12 bits per heavy atom. The van der Waals surface area contributed by atoms with Gasteiger partial charge in [-0.2, -0.15) is 0 Å². The van der Waals surface area contributed by atoms with Crippen molar-refractivity contribution in [1.29, 1.82) is 0 Å². The maximum atomic E-state index is 11.4. The minimum atomic E-state index is -3.15. The molecule has 0 aliphatic carbocycles. The van der Waals surface area contributed by atoms with Crippen LogP contribution in [0.4, 0.5) is 0 Å². The summed E-state index contributed by atoms with van der Waals surface area (Å²) in [6.45, 7) is 6.41. The zero-order valence-electron chi connectivity index (χ0n) is 10.5. The maximum absolute atomic E-state index is 11.4. The predicted octanol–water partition coefficient (Wildman–Crippen LogP) is 1.18. The standard InChI is InChI=1S/C11H20N2O3S/c1-4-13-17(14,15)8-7-12-10(3)11-6-5-9(2)16-11/h5-6,10,12-13H,4,7-8H2,1-3H3. The molecule has 0 aliphatic rings. The van der Waals surface area contributed by atoms with E-state index in [1.807, 2.05) is 26.0 Å². The van der Waals surface area contributed by atoms with E-state index in [-0.39, 0.29) is 11.8 Å². The second-order valence-corrected chi connectivity index (χ2v) is 5.87. The predicted molar refractivity (Wildman–Crippen MR) is 67.3 cm³/mol. The van der Waals surface area contributed by atoms with Crippen LogP contribution in [0.25, 0.3) is 0 Å². The van der Waals surface area contributed by atoms with Crippen LogP contribution in [-0.4, -0.2) is 27.3 Å². The fourth-order valence-corrected chi connectivity index (χ4v) is 2.46. The molecule has 1 rings (SSSR count). The van der Waals surface area contributed by atoms with Gasteiger partial charge >= 0.3 is 0 Å². The molecule has 0 saturated heterocycles. The average Bonchev–Trinajstić information content (AvgIpc) is 2.64. The van der Waals surface area contributed by atoms with Crippen molar-refractivity contribution >= 4 is 10.0 Å². The van der Waals surface area contributed by atoms with Gasteiger partial charge in [0.05, 0.1) is 11.8 Å². The zero-order chi connectivity index (χ0) is 12.9. The van der Waals surface area contributed by atoms with Crippen LogP contribution < -0.4 is 10.0 Å². The van der Waals surface area contributed by atoms with Crippen LogP contribution in [-0.2, 0) is 10.0 Å². The van der Waals surface area contributed by atoms with Crippen LogP contribution in [0.1, 0.15) is 31.4 Å². The quantitative estimate of drug-likeness (QED) is 0.772. The van der Waals surface area contributed by atoms with Gasteiger partial charge in [-0.25, -0.2) is 13.1 Å². The molecule has 98 valence electrons. The van der Waals surface area contributed by atoms with E-state index >= 15 is 0 Å². The van der Waals surface area contributed by atoms with Crippen molar-refractivity contribution in [2.24, 2.45) is 0 Å². The molecule has 17 heavy (non-hydrogen) atoms. The third kappa shape index (κ3) is 4.89. The van der Waals surface area contributed by atoms with Gasteiger partial charge in [-0.05, 0) is 26.0 Å². The molecular formula is C11H20N2O3S. The van der Waals surface area contributed by atoms with Gasteiger partial charge < -0.3 is 9.73 Å². The van der Waals surface area contributed by atoms with Gasteiger partial charge in [0.15, 0.2) is 0 Å². The van der Waals surface area contributed by atoms with E-state index in [4.69, 9.17) is 4.42 Å². The molecule has 2 N–H and O–H groups in total. The number of aryl methyl sites for hydroxylation is 1. The topological polar surface area (TPSA) is 71.3 Å². The first-order valence-electron chi connectivity index (χ1n) is 5.71. The van der Waals surface area contributed by atoms with Crippen molar-refractivity contribution in [3.8, 4) is 0 Å². The highest BCUT2D eigenvalue weighted by atomic mass is 32.2. The van der Waals surface area contributed by atoms with Crippen molar-refractivity contribution in [2.45, 2.75) is 26.8 Å². The van der Waals surface area contributed by atoms with Crippen molar-refractivity contribution in [3.05, 3.63) is 23.7 Å². The monoisotopic (exact) mass is 260 g/mol. The van der Waals surface area contributed by atoms with Gasteiger partial charge in [-0.3, -0.25) is 0 Å². The summed E-state index contributed by atoms with van der Waals surface area (Å²) in [7, 11) is -3.15.